The molecule has 12 heteroatoms. The summed E-state index contributed by atoms with van der Waals surface area (Å²) in [4.78, 5) is 27.2. The van der Waals surface area contributed by atoms with Crippen molar-refractivity contribution in [3.63, 3.8) is 0 Å². The van der Waals surface area contributed by atoms with E-state index in [2.05, 4.69) is 36.8 Å². The lowest BCUT2D eigenvalue weighted by Crippen LogP contribution is -2.50. The third kappa shape index (κ3) is 6.99. The average Bonchev–Trinajstić information content (AvgIpc) is 3.38. The van der Waals surface area contributed by atoms with Gasteiger partial charge in [-0.2, -0.15) is 0 Å². The number of aliphatic hydroxyl groups excluding tert-OH is 1. The van der Waals surface area contributed by atoms with E-state index in [1.54, 1.807) is 25.5 Å². The molecule has 0 saturated carbocycles. The second kappa shape index (κ2) is 12.1. The molecule has 1 atom stereocenters. The number of carbonyl (C=O) groups excluding carboxylic acids is 1. The molecule has 218 valence electrons. The number of alkyl halides is 3. The SMILES string of the molecule is C[C@](CO)(Cc1c[nH]c2ccccc12)NC(=O)c1cc(C#Cc2cnc(N3CCOCC3)nc2)ccc1OC(F)(F)F. The molecule has 2 aromatic carbocycles. The van der Waals surface area contributed by atoms with Crippen LogP contribution in [0, 0.1) is 11.8 Å². The second-order valence-electron chi connectivity index (χ2n) is 10.1. The number of aromatic nitrogens is 3. The van der Waals surface area contributed by atoms with Crippen molar-refractivity contribution in [3.8, 4) is 17.6 Å². The van der Waals surface area contributed by atoms with E-state index in [-0.39, 0.29) is 17.5 Å². The Kier molecular flexibility index (Phi) is 8.33. The van der Waals surface area contributed by atoms with Gasteiger partial charge in [0, 0.05) is 48.1 Å². The number of nitrogens with zero attached hydrogens (tertiary/aromatic N) is 3. The molecule has 0 unspecified atom stereocenters. The predicted octanol–water partition coefficient (Wildman–Crippen LogP) is 3.82. The van der Waals surface area contributed by atoms with Crippen molar-refractivity contribution in [2.24, 2.45) is 0 Å². The number of morpholine rings is 1. The summed E-state index contributed by atoms with van der Waals surface area (Å²) < 4.78 is 49.0. The summed E-state index contributed by atoms with van der Waals surface area (Å²) >= 11 is 0. The van der Waals surface area contributed by atoms with E-state index in [1.807, 2.05) is 29.2 Å². The van der Waals surface area contributed by atoms with Gasteiger partial charge in [0.25, 0.3) is 5.91 Å². The highest BCUT2D eigenvalue weighted by atomic mass is 19.4. The third-order valence-electron chi connectivity index (χ3n) is 6.75. The molecule has 1 amide bonds. The summed E-state index contributed by atoms with van der Waals surface area (Å²) in [6.45, 7) is 3.69. The Bertz CT molecular complexity index is 1620. The molecule has 0 aliphatic carbocycles. The second-order valence-corrected chi connectivity index (χ2v) is 10.1. The van der Waals surface area contributed by atoms with E-state index in [9.17, 15) is 23.1 Å². The Balaban J connectivity index is 1.38. The number of halogens is 3. The fourth-order valence-electron chi connectivity index (χ4n) is 4.63. The molecule has 1 aliphatic rings. The summed E-state index contributed by atoms with van der Waals surface area (Å²) in [6, 6.07) is 11.1. The topological polar surface area (TPSA) is 113 Å². The van der Waals surface area contributed by atoms with Gasteiger partial charge in [-0.1, -0.05) is 30.0 Å². The van der Waals surface area contributed by atoms with Crippen LogP contribution in [-0.2, 0) is 11.2 Å². The number of aliphatic hydroxyl groups is 1. The summed E-state index contributed by atoms with van der Waals surface area (Å²) in [5, 5.41) is 13.8. The van der Waals surface area contributed by atoms with Gasteiger partial charge in [0.05, 0.1) is 36.5 Å². The molecule has 1 fully saturated rings. The first-order valence-electron chi connectivity index (χ1n) is 13.2. The number of H-pyrrole nitrogens is 1. The number of aromatic amines is 1. The van der Waals surface area contributed by atoms with Crippen LogP contribution in [0.3, 0.4) is 0 Å². The molecule has 3 heterocycles. The smallest absolute Gasteiger partial charge is 0.405 e. The Morgan fingerprint density at radius 3 is 2.55 bits per heavy atom. The maximum absolute atomic E-state index is 13.4. The normalized spacial score (nSPS) is 15.0. The fraction of sp³-hybridized carbons (Fsp3) is 0.300. The first kappa shape index (κ1) is 28.9. The lowest BCUT2D eigenvalue weighted by atomic mass is 9.92. The van der Waals surface area contributed by atoms with Gasteiger partial charge in [-0.25, -0.2) is 9.97 Å². The van der Waals surface area contributed by atoms with Crippen LogP contribution in [0.15, 0.2) is 61.1 Å². The van der Waals surface area contributed by atoms with Gasteiger partial charge in [-0.3, -0.25) is 4.79 Å². The number of hydrogen-bond donors (Lipinski definition) is 3. The molecular weight excluding hydrogens is 551 g/mol. The minimum atomic E-state index is -5.02. The van der Waals surface area contributed by atoms with Crippen LogP contribution in [0.1, 0.15) is 34.0 Å². The van der Waals surface area contributed by atoms with E-state index in [4.69, 9.17) is 4.74 Å². The van der Waals surface area contributed by atoms with Crippen LogP contribution in [0.25, 0.3) is 10.9 Å². The van der Waals surface area contributed by atoms with Crippen molar-refractivity contribution < 1.29 is 32.5 Å². The van der Waals surface area contributed by atoms with Gasteiger partial charge in [-0.15, -0.1) is 13.2 Å². The largest absolute Gasteiger partial charge is 0.573 e. The number of nitrogens with one attached hydrogen (secondary N) is 2. The lowest BCUT2D eigenvalue weighted by molar-refractivity contribution is -0.274. The highest BCUT2D eigenvalue weighted by molar-refractivity contribution is 5.98. The Hall–Kier alpha value is -4.60. The maximum Gasteiger partial charge on any atom is 0.573 e. The van der Waals surface area contributed by atoms with Gasteiger partial charge < -0.3 is 29.8 Å². The first-order valence-corrected chi connectivity index (χ1v) is 13.2. The zero-order chi connectivity index (χ0) is 29.7. The van der Waals surface area contributed by atoms with E-state index in [1.165, 1.54) is 12.1 Å². The summed E-state index contributed by atoms with van der Waals surface area (Å²) in [6.07, 6.45) is 0.0744. The number of anilines is 1. The molecule has 1 saturated heterocycles. The number of fused-ring (bicyclic) bond motifs is 1. The number of amides is 1. The number of para-hydroxylation sites is 1. The van der Waals surface area contributed by atoms with Crippen molar-refractivity contribution >= 4 is 22.8 Å². The standard InChI is InChI=1S/C30H28F3N5O4/c1-29(19-39,15-22-18-34-25-5-3-2-4-23(22)25)37-27(40)24-14-20(8-9-26(24)42-30(31,32)33)6-7-21-16-35-28(36-17-21)38-10-12-41-13-11-38/h2-5,8-9,14,16-18,34,39H,10-13,15,19H2,1H3,(H,37,40)/t29-/m1/s1. The molecule has 42 heavy (non-hydrogen) atoms. The maximum atomic E-state index is 13.4. The fourth-order valence-corrected chi connectivity index (χ4v) is 4.63. The van der Waals surface area contributed by atoms with Crippen LogP contribution < -0.4 is 15.0 Å². The van der Waals surface area contributed by atoms with Crippen LogP contribution in [0.5, 0.6) is 5.75 Å². The molecule has 0 spiro atoms. The highest BCUT2D eigenvalue weighted by Gasteiger charge is 2.34. The minimum Gasteiger partial charge on any atom is -0.405 e. The molecule has 9 nitrogen and oxygen atoms in total. The quantitative estimate of drug-likeness (QED) is 0.286. The van der Waals surface area contributed by atoms with E-state index < -0.39 is 30.2 Å². The van der Waals surface area contributed by atoms with Crippen LogP contribution >= 0.6 is 0 Å². The van der Waals surface area contributed by atoms with E-state index >= 15 is 0 Å². The average molecular weight is 580 g/mol. The van der Waals surface area contributed by atoms with Gasteiger partial charge in [0.2, 0.25) is 5.95 Å². The summed E-state index contributed by atoms with van der Waals surface area (Å²) in [7, 11) is 0. The molecule has 5 rings (SSSR count). The number of carbonyl (C=O) groups is 1. The van der Waals surface area contributed by atoms with Gasteiger partial charge in [-0.05, 0) is 43.2 Å². The number of rotatable bonds is 7. The van der Waals surface area contributed by atoms with Crippen LogP contribution in [-0.4, -0.2) is 70.8 Å². The van der Waals surface area contributed by atoms with Crippen molar-refractivity contribution in [1.82, 2.24) is 20.3 Å². The third-order valence-corrected chi connectivity index (χ3v) is 6.75. The Morgan fingerprint density at radius 2 is 1.83 bits per heavy atom. The van der Waals surface area contributed by atoms with Crippen LogP contribution in [0.2, 0.25) is 0 Å². The number of hydrogen-bond acceptors (Lipinski definition) is 7. The Morgan fingerprint density at radius 1 is 1.12 bits per heavy atom. The molecule has 4 aromatic rings. The van der Waals surface area contributed by atoms with Crippen molar-refractivity contribution in [1.29, 1.82) is 0 Å². The monoisotopic (exact) mass is 579 g/mol. The zero-order valence-corrected chi connectivity index (χ0v) is 22.7. The minimum absolute atomic E-state index is 0.217. The lowest BCUT2D eigenvalue weighted by Gasteiger charge is -2.29. The zero-order valence-electron chi connectivity index (χ0n) is 22.7. The predicted molar refractivity (Wildman–Crippen MR) is 149 cm³/mol. The van der Waals surface area contributed by atoms with Crippen molar-refractivity contribution in [2.45, 2.75) is 25.2 Å². The summed E-state index contributed by atoms with van der Waals surface area (Å²) in [5.41, 5.74) is 0.896. The first-order chi connectivity index (χ1) is 20.1. The van der Waals surface area contributed by atoms with Crippen molar-refractivity contribution in [3.05, 3.63) is 83.3 Å². The van der Waals surface area contributed by atoms with Crippen molar-refractivity contribution in [2.75, 3.05) is 37.8 Å². The number of ether oxygens (including phenoxy) is 2. The summed E-state index contributed by atoms with van der Waals surface area (Å²) in [5.74, 6) is 4.73. The molecular formula is C30H28F3N5O4. The molecule has 0 radical (unpaired) electrons. The van der Waals surface area contributed by atoms with Gasteiger partial charge >= 0.3 is 6.36 Å². The molecule has 2 aromatic heterocycles. The van der Waals surface area contributed by atoms with Gasteiger partial charge in [0.15, 0.2) is 0 Å². The molecule has 3 N–H and O–H groups in total. The van der Waals surface area contributed by atoms with Gasteiger partial charge in [0.1, 0.15) is 5.75 Å². The highest BCUT2D eigenvalue weighted by Crippen LogP contribution is 2.29. The Labute approximate surface area is 239 Å². The van der Waals surface area contributed by atoms with Crippen LogP contribution in [0.4, 0.5) is 19.1 Å². The molecule has 0 bridgehead atoms. The van der Waals surface area contributed by atoms with E-state index in [0.29, 0.717) is 37.8 Å². The van der Waals surface area contributed by atoms with E-state index in [0.717, 1.165) is 22.5 Å². The number of benzene rings is 2. The molecule has 1 aliphatic heterocycles.